The van der Waals surface area contributed by atoms with Crippen molar-refractivity contribution in [3.05, 3.63) is 96.1 Å². The summed E-state index contributed by atoms with van der Waals surface area (Å²) in [5, 5.41) is 5.85. The predicted molar refractivity (Wildman–Crippen MR) is 114 cm³/mol. The first-order valence-electron chi connectivity index (χ1n) is 9.59. The Balaban J connectivity index is 1.69. The van der Waals surface area contributed by atoms with E-state index in [4.69, 9.17) is 4.74 Å². The van der Waals surface area contributed by atoms with Crippen LogP contribution in [0.3, 0.4) is 0 Å². The molecule has 0 heterocycles. The van der Waals surface area contributed by atoms with Crippen LogP contribution in [0.5, 0.6) is 5.75 Å². The first-order chi connectivity index (χ1) is 14.2. The minimum absolute atomic E-state index is 0.121. The third-order valence-electron chi connectivity index (χ3n) is 4.38. The average molecular weight is 388 g/mol. The summed E-state index contributed by atoms with van der Waals surface area (Å²) < 4.78 is 5.41. The zero-order chi connectivity index (χ0) is 20.5. The first-order valence-corrected chi connectivity index (χ1v) is 9.59. The lowest BCUT2D eigenvalue weighted by Gasteiger charge is -2.19. The molecule has 0 saturated carbocycles. The van der Waals surface area contributed by atoms with Gasteiger partial charge in [-0.1, -0.05) is 48.5 Å². The fraction of sp³-hybridized carbons (Fsp3) is 0.167. The number of carbonyl (C=O) groups excluding carboxylic acids is 2. The van der Waals surface area contributed by atoms with Gasteiger partial charge in [0, 0.05) is 11.3 Å². The van der Waals surface area contributed by atoms with Crippen molar-refractivity contribution in [1.29, 1.82) is 0 Å². The number of ether oxygens (including phenoxy) is 1. The van der Waals surface area contributed by atoms with Gasteiger partial charge in [0.15, 0.2) is 0 Å². The second-order valence-electron chi connectivity index (χ2n) is 6.51. The van der Waals surface area contributed by atoms with Gasteiger partial charge < -0.3 is 15.4 Å². The molecule has 0 bridgehead atoms. The molecule has 0 saturated heterocycles. The zero-order valence-electron chi connectivity index (χ0n) is 16.3. The monoisotopic (exact) mass is 388 g/mol. The molecule has 0 radical (unpaired) electrons. The molecule has 3 aromatic carbocycles. The van der Waals surface area contributed by atoms with Crippen molar-refractivity contribution in [2.24, 2.45) is 0 Å². The van der Waals surface area contributed by atoms with Gasteiger partial charge in [0.25, 0.3) is 5.91 Å². The molecular formula is C24H24N2O3. The first kappa shape index (κ1) is 20.1. The van der Waals surface area contributed by atoms with Crippen molar-refractivity contribution < 1.29 is 14.3 Å². The minimum Gasteiger partial charge on any atom is -0.494 e. The Morgan fingerprint density at radius 3 is 2.10 bits per heavy atom. The summed E-state index contributed by atoms with van der Waals surface area (Å²) in [5.74, 6) is 0.354. The summed E-state index contributed by atoms with van der Waals surface area (Å²) in [6.07, 6.45) is 0.121. The highest BCUT2D eigenvalue weighted by molar-refractivity contribution is 5.95. The number of nitrogens with one attached hydrogen (secondary N) is 2. The summed E-state index contributed by atoms with van der Waals surface area (Å²) in [4.78, 5) is 25.2. The Hall–Kier alpha value is -3.60. The van der Waals surface area contributed by atoms with Crippen molar-refractivity contribution in [3.8, 4) is 5.75 Å². The molecule has 0 aliphatic heterocycles. The molecule has 0 aliphatic carbocycles. The summed E-state index contributed by atoms with van der Waals surface area (Å²) in [7, 11) is 0. The molecule has 5 heteroatoms. The Morgan fingerprint density at radius 1 is 0.862 bits per heavy atom. The molecule has 148 valence electrons. The van der Waals surface area contributed by atoms with Gasteiger partial charge >= 0.3 is 0 Å². The van der Waals surface area contributed by atoms with Gasteiger partial charge in [-0.15, -0.1) is 0 Å². The molecule has 3 rings (SSSR count). The predicted octanol–water partition coefficient (Wildman–Crippen LogP) is 4.59. The number of rotatable bonds is 8. The molecule has 2 N–H and O–H groups in total. The molecule has 0 fully saturated rings. The Bertz CT molecular complexity index is 925. The van der Waals surface area contributed by atoms with Crippen LogP contribution in [0.4, 0.5) is 5.69 Å². The lowest BCUT2D eigenvalue weighted by Crippen LogP contribution is -2.31. The van der Waals surface area contributed by atoms with E-state index in [-0.39, 0.29) is 18.2 Å². The summed E-state index contributed by atoms with van der Waals surface area (Å²) in [6.45, 7) is 2.51. The van der Waals surface area contributed by atoms with Gasteiger partial charge in [-0.3, -0.25) is 9.59 Å². The summed E-state index contributed by atoms with van der Waals surface area (Å²) in [6, 6.07) is 25.2. The maximum absolute atomic E-state index is 12.6. The van der Waals surface area contributed by atoms with Crippen molar-refractivity contribution >= 4 is 17.5 Å². The molecule has 0 aliphatic rings. The quantitative estimate of drug-likeness (QED) is 0.593. The van der Waals surface area contributed by atoms with Crippen LogP contribution in [0.25, 0.3) is 0 Å². The number of amides is 2. The topological polar surface area (TPSA) is 67.4 Å². The van der Waals surface area contributed by atoms with E-state index in [1.807, 2.05) is 67.6 Å². The largest absolute Gasteiger partial charge is 0.494 e. The molecule has 0 aromatic heterocycles. The summed E-state index contributed by atoms with van der Waals surface area (Å²) in [5.41, 5.74) is 2.11. The van der Waals surface area contributed by atoms with E-state index in [1.54, 1.807) is 24.3 Å². The molecule has 5 nitrogen and oxygen atoms in total. The second kappa shape index (κ2) is 10.1. The number of anilines is 1. The van der Waals surface area contributed by atoms with Crippen LogP contribution in [-0.4, -0.2) is 18.4 Å². The van der Waals surface area contributed by atoms with E-state index >= 15 is 0 Å². The lowest BCUT2D eigenvalue weighted by molar-refractivity contribution is -0.116. The van der Waals surface area contributed by atoms with E-state index in [0.29, 0.717) is 17.9 Å². The van der Waals surface area contributed by atoms with Gasteiger partial charge in [0.2, 0.25) is 5.91 Å². The molecule has 0 spiro atoms. The van der Waals surface area contributed by atoms with Crippen LogP contribution in [0.15, 0.2) is 84.9 Å². The van der Waals surface area contributed by atoms with Crippen LogP contribution in [0, 0.1) is 0 Å². The Morgan fingerprint density at radius 2 is 1.48 bits per heavy atom. The average Bonchev–Trinajstić information content (AvgIpc) is 2.76. The van der Waals surface area contributed by atoms with Crippen molar-refractivity contribution in [2.75, 3.05) is 11.9 Å². The van der Waals surface area contributed by atoms with Gasteiger partial charge in [0.05, 0.1) is 19.1 Å². The molecule has 1 atom stereocenters. The Labute approximate surface area is 170 Å². The smallest absolute Gasteiger partial charge is 0.251 e. The van der Waals surface area contributed by atoms with Gasteiger partial charge in [-0.25, -0.2) is 0 Å². The van der Waals surface area contributed by atoms with Crippen LogP contribution < -0.4 is 15.4 Å². The van der Waals surface area contributed by atoms with Crippen LogP contribution in [-0.2, 0) is 4.79 Å². The third kappa shape index (κ3) is 5.94. The maximum Gasteiger partial charge on any atom is 0.251 e. The number of hydrogen-bond acceptors (Lipinski definition) is 3. The highest BCUT2D eigenvalue weighted by atomic mass is 16.5. The van der Waals surface area contributed by atoms with Crippen molar-refractivity contribution in [2.45, 2.75) is 19.4 Å². The van der Waals surface area contributed by atoms with Crippen LogP contribution in [0.1, 0.15) is 35.3 Å². The standard InChI is InChI=1S/C24H24N2O3/c1-2-29-21-15-13-20(14-16-21)25-23(27)17-22(18-9-5-3-6-10-18)26-24(28)19-11-7-4-8-12-19/h3-16,22H,2,17H2,1H3,(H,25,27)(H,26,28)/t22-/m1/s1. The second-order valence-corrected chi connectivity index (χ2v) is 6.51. The van der Waals surface area contributed by atoms with E-state index in [1.165, 1.54) is 0 Å². The van der Waals surface area contributed by atoms with E-state index in [0.717, 1.165) is 11.3 Å². The SMILES string of the molecule is CCOc1ccc(NC(=O)C[C@@H](NC(=O)c2ccccc2)c2ccccc2)cc1. The third-order valence-corrected chi connectivity index (χ3v) is 4.38. The van der Waals surface area contributed by atoms with Crippen molar-refractivity contribution in [3.63, 3.8) is 0 Å². The number of hydrogen-bond donors (Lipinski definition) is 2. The molecule has 3 aromatic rings. The number of carbonyl (C=O) groups is 2. The van der Waals surface area contributed by atoms with E-state index in [9.17, 15) is 9.59 Å². The fourth-order valence-electron chi connectivity index (χ4n) is 2.97. The Kier molecular flexibility index (Phi) is 7.00. The molecule has 2 amide bonds. The minimum atomic E-state index is -0.438. The fourth-order valence-corrected chi connectivity index (χ4v) is 2.97. The van der Waals surface area contributed by atoms with E-state index in [2.05, 4.69) is 10.6 Å². The van der Waals surface area contributed by atoms with Crippen molar-refractivity contribution in [1.82, 2.24) is 5.32 Å². The summed E-state index contributed by atoms with van der Waals surface area (Å²) >= 11 is 0. The van der Waals surface area contributed by atoms with Gasteiger partial charge in [0.1, 0.15) is 5.75 Å². The maximum atomic E-state index is 12.6. The highest BCUT2D eigenvalue weighted by Crippen LogP contribution is 2.20. The molecule has 0 unspecified atom stereocenters. The van der Waals surface area contributed by atoms with Gasteiger partial charge in [-0.2, -0.15) is 0 Å². The normalized spacial score (nSPS) is 11.3. The van der Waals surface area contributed by atoms with Crippen LogP contribution >= 0.6 is 0 Å². The van der Waals surface area contributed by atoms with Gasteiger partial charge in [-0.05, 0) is 48.9 Å². The highest BCUT2D eigenvalue weighted by Gasteiger charge is 2.19. The lowest BCUT2D eigenvalue weighted by atomic mass is 10.0. The zero-order valence-corrected chi connectivity index (χ0v) is 16.3. The van der Waals surface area contributed by atoms with Crippen LogP contribution in [0.2, 0.25) is 0 Å². The molecular weight excluding hydrogens is 364 g/mol. The number of benzene rings is 3. The molecule has 29 heavy (non-hydrogen) atoms. The van der Waals surface area contributed by atoms with E-state index < -0.39 is 6.04 Å².